The fraction of sp³-hybridized carbons (Fsp3) is 0.786. The molecule has 0 saturated heterocycles. The minimum absolute atomic E-state index is 0.621. The van der Waals surface area contributed by atoms with Gasteiger partial charge in [-0.3, -0.25) is 4.98 Å². The van der Waals surface area contributed by atoms with Crippen LogP contribution >= 0.6 is 23.1 Å². The number of thioether (sulfide) groups is 1. The molecule has 1 N–H and O–H groups in total. The Kier molecular flexibility index (Phi) is 6.52. The van der Waals surface area contributed by atoms with Crippen LogP contribution in [0.5, 0.6) is 0 Å². The average Bonchev–Trinajstić information content (AvgIpc) is 3.05. The van der Waals surface area contributed by atoms with Gasteiger partial charge in [-0.05, 0) is 32.2 Å². The molecular weight excluding hydrogens is 260 g/mol. The zero-order chi connectivity index (χ0) is 12.6. The molecule has 2 nitrogen and oxygen atoms in total. The van der Waals surface area contributed by atoms with Crippen LogP contribution in [-0.2, 0) is 6.42 Å². The molecule has 1 aromatic heterocycles. The molecule has 0 amide bonds. The van der Waals surface area contributed by atoms with Crippen LogP contribution in [-0.4, -0.2) is 28.6 Å². The van der Waals surface area contributed by atoms with Gasteiger partial charge in [-0.2, -0.15) is 11.8 Å². The lowest BCUT2D eigenvalue weighted by molar-refractivity contribution is 0.552. The molecule has 1 aliphatic carbocycles. The summed E-state index contributed by atoms with van der Waals surface area (Å²) in [5, 5.41) is 4.62. The van der Waals surface area contributed by atoms with Gasteiger partial charge in [0.2, 0.25) is 0 Å². The normalized spacial score (nSPS) is 18.3. The summed E-state index contributed by atoms with van der Waals surface area (Å²) in [6.07, 6.45) is 10.1. The maximum atomic E-state index is 4.18. The third-order valence-electron chi connectivity index (χ3n) is 3.45. The van der Waals surface area contributed by atoms with Crippen molar-refractivity contribution in [2.24, 2.45) is 0 Å². The standard InChI is InChI=1S/C14H24N2S2/c1-2-7-16-12(8-14-9-15-11-18-14)10-17-13-5-3-4-6-13/h9,11-13,16H,2-8,10H2,1H3. The van der Waals surface area contributed by atoms with Gasteiger partial charge in [0.05, 0.1) is 5.51 Å². The van der Waals surface area contributed by atoms with Gasteiger partial charge in [0.15, 0.2) is 0 Å². The Balaban J connectivity index is 1.76. The highest BCUT2D eigenvalue weighted by molar-refractivity contribution is 7.99. The minimum atomic E-state index is 0.621. The molecule has 1 saturated carbocycles. The van der Waals surface area contributed by atoms with E-state index >= 15 is 0 Å². The zero-order valence-corrected chi connectivity index (χ0v) is 12.9. The van der Waals surface area contributed by atoms with Crippen molar-refractivity contribution >= 4 is 23.1 Å². The van der Waals surface area contributed by atoms with E-state index in [4.69, 9.17) is 0 Å². The van der Waals surface area contributed by atoms with Crippen molar-refractivity contribution in [2.45, 2.75) is 56.7 Å². The Bertz CT molecular complexity index is 308. The molecule has 0 aliphatic heterocycles. The summed E-state index contributed by atoms with van der Waals surface area (Å²) in [6.45, 7) is 3.37. The third kappa shape index (κ3) is 4.90. The molecule has 1 fully saturated rings. The van der Waals surface area contributed by atoms with Crippen molar-refractivity contribution in [1.29, 1.82) is 0 Å². The van der Waals surface area contributed by atoms with E-state index in [0.29, 0.717) is 6.04 Å². The highest BCUT2D eigenvalue weighted by Gasteiger charge is 2.18. The van der Waals surface area contributed by atoms with Crippen molar-refractivity contribution in [3.05, 3.63) is 16.6 Å². The lowest BCUT2D eigenvalue weighted by atomic mass is 10.2. The fourth-order valence-electron chi connectivity index (χ4n) is 2.43. The SMILES string of the molecule is CCCNC(CSC1CCCC1)Cc1cncs1. The topological polar surface area (TPSA) is 24.9 Å². The van der Waals surface area contributed by atoms with Gasteiger partial charge >= 0.3 is 0 Å². The van der Waals surface area contributed by atoms with Crippen LogP contribution < -0.4 is 5.32 Å². The van der Waals surface area contributed by atoms with E-state index < -0.39 is 0 Å². The first kappa shape index (κ1) is 14.4. The van der Waals surface area contributed by atoms with Crippen LogP contribution in [0.25, 0.3) is 0 Å². The monoisotopic (exact) mass is 284 g/mol. The molecule has 1 atom stereocenters. The Morgan fingerprint density at radius 3 is 3.00 bits per heavy atom. The molecule has 0 spiro atoms. The highest BCUT2D eigenvalue weighted by Crippen LogP contribution is 2.30. The van der Waals surface area contributed by atoms with E-state index in [0.717, 1.165) is 18.2 Å². The number of hydrogen-bond donors (Lipinski definition) is 1. The molecule has 1 aromatic rings. The summed E-state index contributed by atoms with van der Waals surface area (Å²) in [6, 6.07) is 0.621. The molecule has 1 heterocycles. The smallest absolute Gasteiger partial charge is 0.0794 e. The number of hydrogen-bond acceptors (Lipinski definition) is 4. The maximum Gasteiger partial charge on any atom is 0.0794 e. The lowest BCUT2D eigenvalue weighted by Gasteiger charge is -2.19. The highest BCUT2D eigenvalue weighted by atomic mass is 32.2. The van der Waals surface area contributed by atoms with Crippen LogP contribution in [0.3, 0.4) is 0 Å². The number of aromatic nitrogens is 1. The number of nitrogens with one attached hydrogen (secondary N) is 1. The molecular formula is C14H24N2S2. The largest absolute Gasteiger partial charge is 0.313 e. The van der Waals surface area contributed by atoms with E-state index in [2.05, 4.69) is 29.0 Å². The Labute approximate surface area is 119 Å². The summed E-state index contributed by atoms with van der Waals surface area (Å²) in [4.78, 5) is 5.59. The van der Waals surface area contributed by atoms with E-state index in [-0.39, 0.29) is 0 Å². The maximum absolute atomic E-state index is 4.18. The quantitative estimate of drug-likeness (QED) is 0.787. The molecule has 18 heavy (non-hydrogen) atoms. The second-order valence-corrected chi connectivity index (χ2v) is 7.37. The predicted molar refractivity (Wildman–Crippen MR) is 82.6 cm³/mol. The van der Waals surface area contributed by atoms with E-state index in [1.807, 2.05) is 11.7 Å². The molecule has 2 rings (SSSR count). The summed E-state index contributed by atoms with van der Waals surface area (Å²) >= 11 is 3.97. The Morgan fingerprint density at radius 2 is 2.33 bits per heavy atom. The van der Waals surface area contributed by atoms with Gasteiger partial charge in [0, 0.05) is 28.1 Å². The van der Waals surface area contributed by atoms with Crippen LogP contribution in [0.15, 0.2) is 11.7 Å². The van der Waals surface area contributed by atoms with Gasteiger partial charge in [0.25, 0.3) is 0 Å². The van der Waals surface area contributed by atoms with Crippen molar-refractivity contribution in [2.75, 3.05) is 12.3 Å². The van der Waals surface area contributed by atoms with Gasteiger partial charge in [-0.25, -0.2) is 0 Å². The zero-order valence-electron chi connectivity index (χ0n) is 11.2. The first-order valence-corrected chi connectivity index (χ1v) is 9.03. The first-order chi connectivity index (χ1) is 8.88. The van der Waals surface area contributed by atoms with Crippen molar-refractivity contribution in [1.82, 2.24) is 10.3 Å². The number of rotatable bonds is 8. The summed E-state index contributed by atoms with van der Waals surface area (Å²) in [5.41, 5.74) is 1.94. The summed E-state index contributed by atoms with van der Waals surface area (Å²) in [5.74, 6) is 1.25. The van der Waals surface area contributed by atoms with Crippen molar-refractivity contribution in [3.63, 3.8) is 0 Å². The van der Waals surface area contributed by atoms with Gasteiger partial charge in [0.1, 0.15) is 0 Å². The second kappa shape index (κ2) is 8.18. The summed E-state index contributed by atoms with van der Waals surface area (Å²) in [7, 11) is 0. The second-order valence-electron chi connectivity index (χ2n) is 5.06. The Hall–Kier alpha value is -0.0600. The molecule has 4 heteroatoms. The van der Waals surface area contributed by atoms with Crippen molar-refractivity contribution in [3.8, 4) is 0 Å². The average molecular weight is 284 g/mol. The number of nitrogens with zero attached hydrogens (tertiary/aromatic N) is 1. The molecule has 0 bridgehead atoms. The molecule has 0 aromatic carbocycles. The van der Waals surface area contributed by atoms with Gasteiger partial charge in [-0.15, -0.1) is 11.3 Å². The molecule has 1 aliphatic rings. The van der Waals surface area contributed by atoms with E-state index in [1.165, 1.54) is 42.7 Å². The predicted octanol–water partition coefficient (Wildman–Crippen LogP) is 3.73. The van der Waals surface area contributed by atoms with E-state index in [9.17, 15) is 0 Å². The van der Waals surface area contributed by atoms with Crippen molar-refractivity contribution < 1.29 is 0 Å². The van der Waals surface area contributed by atoms with Crippen LogP contribution in [0.1, 0.15) is 43.9 Å². The molecule has 1 unspecified atom stereocenters. The molecule has 0 radical (unpaired) electrons. The van der Waals surface area contributed by atoms with Gasteiger partial charge < -0.3 is 5.32 Å². The lowest BCUT2D eigenvalue weighted by Crippen LogP contribution is -2.34. The van der Waals surface area contributed by atoms with Crippen LogP contribution in [0.2, 0.25) is 0 Å². The summed E-state index contributed by atoms with van der Waals surface area (Å²) < 4.78 is 0. The fourth-order valence-corrected chi connectivity index (χ4v) is 4.51. The van der Waals surface area contributed by atoms with Crippen LogP contribution in [0, 0.1) is 0 Å². The first-order valence-electron chi connectivity index (χ1n) is 7.11. The Morgan fingerprint density at radius 1 is 1.50 bits per heavy atom. The third-order valence-corrected chi connectivity index (χ3v) is 5.79. The van der Waals surface area contributed by atoms with E-state index in [1.54, 1.807) is 11.3 Å². The van der Waals surface area contributed by atoms with Gasteiger partial charge in [-0.1, -0.05) is 19.8 Å². The van der Waals surface area contributed by atoms with Crippen LogP contribution in [0.4, 0.5) is 0 Å². The number of thiazole rings is 1. The minimum Gasteiger partial charge on any atom is -0.313 e. The molecule has 102 valence electrons.